The van der Waals surface area contributed by atoms with E-state index in [0.717, 1.165) is 0 Å². The molecule has 2 heterocycles. The van der Waals surface area contributed by atoms with E-state index in [1.54, 1.807) is 13.0 Å². The summed E-state index contributed by atoms with van der Waals surface area (Å²) in [6, 6.07) is 3.02. The van der Waals surface area contributed by atoms with Gasteiger partial charge in [-0.2, -0.15) is 0 Å². The monoisotopic (exact) mass is 298 g/mol. The minimum atomic E-state index is -0.639. The van der Waals surface area contributed by atoms with Gasteiger partial charge in [0.05, 0.1) is 0 Å². The fraction of sp³-hybridized carbons (Fsp3) is 0.0909. The molecule has 0 aliphatic rings. The number of hydrogen-bond acceptors (Lipinski definition) is 4. The maximum atomic E-state index is 11.9. The average molecular weight is 299 g/mol. The van der Waals surface area contributed by atoms with Crippen molar-refractivity contribution < 1.29 is 4.79 Å². The van der Waals surface area contributed by atoms with Crippen LogP contribution in [0.5, 0.6) is 0 Å². The van der Waals surface area contributed by atoms with Gasteiger partial charge < -0.3 is 10.3 Å². The molecule has 0 bridgehead atoms. The Morgan fingerprint density at radius 2 is 1.89 bits per heavy atom. The SMILES string of the molecule is Cc1ccc(C(=O)Nc2c(Cl)ncnc2Cl)c(=O)[nH]1. The second-order valence-corrected chi connectivity index (χ2v) is 4.38. The van der Waals surface area contributed by atoms with E-state index >= 15 is 0 Å². The first-order valence-corrected chi connectivity index (χ1v) is 5.92. The summed E-state index contributed by atoms with van der Waals surface area (Å²) >= 11 is 11.6. The van der Waals surface area contributed by atoms with Gasteiger partial charge in [-0.15, -0.1) is 0 Å². The van der Waals surface area contributed by atoms with Crippen LogP contribution in [0.25, 0.3) is 0 Å². The number of nitrogens with one attached hydrogen (secondary N) is 2. The van der Waals surface area contributed by atoms with Crippen LogP contribution < -0.4 is 10.9 Å². The average Bonchev–Trinajstić information content (AvgIpc) is 2.33. The lowest BCUT2D eigenvalue weighted by Gasteiger charge is -2.07. The van der Waals surface area contributed by atoms with Gasteiger partial charge in [0.25, 0.3) is 11.5 Å². The van der Waals surface area contributed by atoms with E-state index in [1.165, 1.54) is 12.4 Å². The number of halogens is 2. The van der Waals surface area contributed by atoms with Gasteiger partial charge in [-0.1, -0.05) is 23.2 Å². The second kappa shape index (κ2) is 5.38. The molecule has 1 amide bonds. The summed E-state index contributed by atoms with van der Waals surface area (Å²) in [5.41, 5.74) is 0.166. The van der Waals surface area contributed by atoms with Crippen molar-refractivity contribution in [3.63, 3.8) is 0 Å². The molecule has 6 nitrogen and oxygen atoms in total. The summed E-state index contributed by atoms with van der Waals surface area (Å²) in [4.78, 5) is 33.5. The van der Waals surface area contributed by atoms with Crippen molar-refractivity contribution in [2.24, 2.45) is 0 Å². The Kier molecular flexibility index (Phi) is 3.82. The first kappa shape index (κ1) is 13.5. The van der Waals surface area contributed by atoms with Crippen LogP contribution in [0.3, 0.4) is 0 Å². The molecule has 0 fully saturated rings. The summed E-state index contributed by atoms with van der Waals surface area (Å²) in [6.07, 6.45) is 1.17. The molecule has 0 aliphatic heterocycles. The first-order valence-electron chi connectivity index (χ1n) is 5.16. The number of carbonyl (C=O) groups is 1. The molecule has 0 unspecified atom stereocenters. The van der Waals surface area contributed by atoms with Crippen molar-refractivity contribution in [3.05, 3.63) is 50.4 Å². The maximum Gasteiger partial charge on any atom is 0.261 e. The van der Waals surface area contributed by atoms with Gasteiger partial charge >= 0.3 is 0 Å². The molecule has 8 heteroatoms. The highest BCUT2D eigenvalue weighted by atomic mass is 35.5. The second-order valence-electron chi connectivity index (χ2n) is 3.67. The summed E-state index contributed by atoms with van der Waals surface area (Å²) in [7, 11) is 0. The van der Waals surface area contributed by atoms with Crippen molar-refractivity contribution in [2.45, 2.75) is 6.92 Å². The lowest BCUT2D eigenvalue weighted by Crippen LogP contribution is -2.23. The highest BCUT2D eigenvalue weighted by molar-refractivity contribution is 6.38. The maximum absolute atomic E-state index is 11.9. The van der Waals surface area contributed by atoms with Gasteiger partial charge in [-0.25, -0.2) is 9.97 Å². The van der Waals surface area contributed by atoms with E-state index in [9.17, 15) is 9.59 Å². The van der Waals surface area contributed by atoms with Crippen molar-refractivity contribution in [2.75, 3.05) is 5.32 Å². The molecule has 98 valence electrons. The normalized spacial score (nSPS) is 10.3. The number of rotatable bonds is 2. The third-order valence-corrected chi connectivity index (χ3v) is 2.87. The number of carbonyl (C=O) groups excluding carboxylic acids is 1. The lowest BCUT2D eigenvalue weighted by atomic mass is 10.2. The van der Waals surface area contributed by atoms with Gasteiger partial charge in [0.2, 0.25) is 0 Å². The van der Waals surface area contributed by atoms with Gasteiger partial charge in [-0.3, -0.25) is 9.59 Å². The summed E-state index contributed by atoms with van der Waals surface area (Å²) in [6.45, 7) is 1.71. The molecular weight excluding hydrogens is 291 g/mol. The third kappa shape index (κ3) is 2.91. The predicted octanol–water partition coefficient (Wildman–Crippen LogP) is 2.03. The van der Waals surface area contributed by atoms with Crippen LogP contribution in [0.2, 0.25) is 10.3 Å². The topological polar surface area (TPSA) is 87.7 Å². The Balaban J connectivity index is 2.34. The predicted molar refractivity (Wildman–Crippen MR) is 71.8 cm³/mol. The van der Waals surface area contributed by atoms with E-state index in [2.05, 4.69) is 20.3 Å². The molecule has 19 heavy (non-hydrogen) atoms. The first-order chi connectivity index (χ1) is 8.99. The molecule has 0 radical (unpaired) electrons. The fourth-order valence-corrected chi connectivity index (χ4v) is 1.79. The lowest BCUT2D eigenvalue weighted by molar-refractivity contribution is 0.102. The molecule has 2 rings (SSSR count). The molecule has 2 aromatic rings. The minimum Gasteiger partial charge on any atom is -0.326 e. The summed E-state index contributed by atoms with van der Waals surface area (Å²) in [5, 5.41) is 2.40. The van der Waals surface area contributed by atoms with Crippen LogP contribution >= 0.6 is 23.2 Å². The summed E-state index contributed by atoms with van der Waals surface area (Å²) < 4.78 is 0. The molecule has 0 saturated heterocycles. The van der Waals surface area contributed by atoms with Crippen LogP contribution in [0.15, 0.2) is 23.3 Å². The molecular formula is C11H8Cl2N4O2. The highest BCUT2D eigenvalue weighted by Crippen LogP contribution is 2.25. The van der Waals surface area contributed by atoms with Crippen LogP contribution in [0.4, 0.5) is 5.69 Å². The Labute approximate surface area is 117 Å². The van der Waals surface area contributed by atoms with Gasteiger partial charge in [-0.05, 0) is 19.1 Å². The number of aromatic amines is 1. The van der Waals surface area contributed by atoms with Crippen LogP contribution in [0, 0.1) is 6.92 Å². The Morgan fingerprint density at radius 1 is 1.26 bits per heavy atom. The number of hydrogen-bond donors (Lipinski definition) is 2. The molecule has 0 aromatic carbocycles. The molecule has 2 N–H and O–H groups in total. The third-order valence-electron chi connectivity index (χ3n) is 2.29. The zero-order valence-corrected chi connectivity index (χ0v) is 11.2. The van der Waals surface area contributed by atoms with Crippen molar-refractivity contribution in [1.82, 2.24) is 15.0 Å². The van der Waals surface area contributed by atoms with Gasteiger partial charge in [0, 0.05) is 5.69 Å². The van der Waals surface area contributed by atoms with Gasteiger partial charge in [0.1, 0.15) is 17.6 Å². The van der Waals surface area contributed by atoms with E-state index in [1.807, 2.05) is 0 Å². The fourth-order valence-electron chi connectivity index (χ4n) is 1.38. The van der Waals surface area contributed by atoms with E-state index < -0.39 is 11.5 Å². The van der Waals surface area contributed by atoms with Crippen LogP contribution in [-0.4, -0.2) is 20.9 Å². The zero-order chi connectivity index (χ0) is 14.0. The molecule has 0 saturated carbocycles. The summed E-state index contributed by atoms with van der Waals surface area (Å²) in [5.74, 6) is -0.639. The Morgan fingerprint density at radius 3 is 2.47 bits per heavy atom. The Bertz CT molecular complexity index is 679. The molecule has 2 aromatic heterocycles. The van der Waals surface area contributed by atoms with E-state index in [4.69, 9.17) is 23.2 Å². The van der Waals surface area contributed by atoms with E-state index in [0.29, 0.717) is 5.69 Å². The Hall–Kier alpha value is -1.92. The number of aromatic nitrogens is 3. The molecule has 0 aliphatic carbocycles. The van der Waals surface area contributed by atoms with Crippen molar-refractivity contribution >= 4 is 34.8 Å². The number of aryl methyl sites for hydroxylation is 1. The smallest absolute Gasteiger partial charge is 0.261 e. The van der Waals surface area contributed by atoms with Gasteiger partial charge in [0.15, 0.2) is 10.3 Å². The van der Waals surface area contributed by atoms with Crippen LogP contribution in [-0.2, 0) is 0 Å². The van der Waals surface area contributed by atoms with Crippen molar-refractivity contribution in [3.8, 4) is 0 Å². The van der Waals surface area contributed by atoms with E-state index in [-0.39, 0.29) is 21.6 Å². The zero-order valence-electron chi connectivity index (χ0n) is 9.70. The molecule has 0 atom stereocenters. The van der Waals surface area contributed by atoms with Crippen LogP contribution in [0.1, 0.15) is 16.1 Å². The number of H-pyrrole nitrogens is 1. The number of pyridine rings is 1. The molecule has 0 spiro atoms. The number of nitrogens with zero attached hydrogens (tertiary/aromatic N) is 2. The van der Waals surface area contributed by atoms with Crippen molar-refractivity contribution in [1.29, 1.82) is 0 Å². The quantitative estimate of drug-likeness (QED) is 0.831. The number of amides is 1. The number of anilines is 1. The highest BCUT2D eigenvalue weighted by Gasteiger charge is 2.15. The minimum absolute atomic E-state index is 0.00288. The standard InChI is InChI=1S/C11H8Cl2N4O2/c1-5-2-3-6(10(18)16-5)11(19)17-7-8(12)14-4-15-9(7)13/h2-4H,1H3,(H,16,18)(H,17,19). The largest absolute Gasteiger partial charge is 0.326 e.